The van der Waals surface area contributed by atoms with Gasteiger partial charge in [-0.1, -0.05) is 24.3 Å². The van der Waals surface area contributed by atoms with E-state index in [1.165, 1.54) is 12.8 Å². The lowest BCUT2D eigenvalue weighted by Crippen LogP contribution is -2.02. The smallest absolute Gasteiger partial charge is 0.335 e. The average molecular weight is 375 g/mol. The van der Waals surface area contributed by atoms with Crippen LogP contribution in [0.2, 0.25) is 0 Å². The summed E-state index contributed by atoms with van der Waals surface area (Å²) in [5, 5.41) is 8.97. The average Bonchev–Trinajstić information content (AvgIpc) is 3.56. The number of carboxylic acid groups (broad SMARTS) is 1. The molecule has 0 amide bonds. The largest absolute Gasteiger partial charge is 0.489 e. The first kappa shape index (κ1) is 18.0. The van der Waals surface area contributed by atoms with Crippen LogP contribution in [0.3, 0.4) is 0 Å². The Balaban J connectivity index is 1.46. The molecule has 1 aromatic heterocycles. The van der Waals surface area contributed by atoms with Crippen molar-refractivity contribution in [1.82, 2.24) is 4.98 Å². The minimum atomic E-state index is -0.934. The molecule has 0 bridgehead atoms. The van der Waals surface area contributed by atoms with Gasteiger partial charge in [0.15, 0.2) is 0 Å². The van der Waals surface area contributed by atoms with Gasteiger partial charge >= 0.3 is 5.97 Å². The zero-order valence-electron chi connectivity index (χ0n) is 15.4. The van der Waals surface area contributed by atoms with Crippen LogP contribution in [0.5, 0.6) is 11.6 Å². The summed E-state index contributed by atoms with van der Waals surface area (Å²) in [5.41, 5.74) is 3.10. The lowest BCUT2D eigenvalue weighted by Gasteiger charge is -2.12. The molecular formula is C23H21NO4. The summed E-state index contributed by atoms with van der Waals surface area (Å²) in [6.45, 7) is 1.08. The summed E-state index contributed by atoms with van der Waals surface area (Å²) in [4.78, 5) is 15.3. The van der Waals surface area contributed by atoms with E-state index >= 15 is 0 Å². The monoisotopic (exact) mass is 375 g/mol. The highest BCUT2D eigenvalue weighted by molar-refractivity contribution is 5.87. The fourth-order valence-corrected chi connectivity index (χ4v) is 2.87. The van der Waals surface area contributed by atoms with Crippen LogP contribution in [0, 0.1) is 5.92 Å². The first-order valence-corrected chi connectivity index (χ1v) is 9.32. The number of benzene rings is 2. The summed E-state index contributed by atoms with van der Waals surface area (Å²) in [6, 6.07) is 18.4. The van der Waals surface area contributed by atoms with Crippen LogP contribution in [0.15, 0.2) is 66.9 Å². The number of nitrogens with zero attached hydrogens (tertiary/aromatic N) is 1. The summed E-state index contributed by atoms with van der Waals surface area (Å²) in [7, 11) is 0. The van der Waals surface area contributed by atoms with Gasteiger partial charge in [-0.25, -0.2) is 9.78 Å². The number of carbonyl (C=O) groups is 1. The van der Waals surface area contributed by atoms with E-state index in [0.29, 0.717) is 25.0 Å². The van der Waals surface area contributed by atoms with Gasteiger partial charge in [0.2, 0.25) is 5.88 Å². The molecule has 5 heteroatoms. The van der Waals surface area contributed by atoms with Crippen LogP contribution in [-0.4, -0.2) is 22.7 Å². The minimum absolute atomic E-state index is 0.265. The topological polar surface area (TPSA) is 68.7 Å². The molecule has 3 aromatic rings. The molecule has 0 unspecified atom stereocenters. The van der Waals surface area contributed by atoms with E-state index in [-0.39, 0.29) is 5.56 Å². The number of rotatable bonds is 8. The van der Waals surface area contributed by atoms with Crippen LogP contribution < -0.4 is 9.47 Å². The highest BCUT2D eigenvalue weighted by atomic mass is 16.5. The Morgan fingerprint density at radius 3 is 2.61 bits per heavy atom. The second kappa shape index (κ2) is 8.13. The predicted molar refractivity (Wildman–Crippen MR) is 106 cm³/mol. The third-order valence-electron chi connectivity index (χ3n) is 4.68. The number of carboxylic acids is 1. The van der Waals surface area contributed by atoms with Crippen molar-refractivity contribution in [3.8, 4) is 22.8 Å². The molecule has 1 heterocycles. The van der Waals surface area contributed by atoms with Crippen molar-refractivity contribution in [1.29, 1.82) is 0 Å². The molecule has 1 fully saturated rings. The van der Waals surface area contributed by atoms with Gasteiger partial charge < -0.3 is 14.6 Å². The Morgan fingerprint density at radius 2 is 1.86 bits per heavy atom. The van der Waals surface area contributed by atoms with Crippen LogP contribution in [-0.2, 0) is 6.61 Å². The normalized spacial score (nSPS) is 13.1. The first-order chi connectivity index (χ1) is 13.7. The lowest BCUT2D eigenvalue weighted by molar-refractivity contribution is 0.0697. The minimum Gasteiger partial charge on any atom is -0.489 e. The van der Waals surface area contributed by atoms with Crippen molar-refractivity contribution in [2.45, 2.75) is 19.4 Å². The maximum Gasteiger partial charge on any atom is 0.335 e. The Hall–Kier alpha value is -3.34. The molecule has 0 radical (unpaired) electrons. The zero-order valence-corrected chi connectivity index (χ0v) is 15.4. The Morgan fingerprint density at radius 1 is 1.04 bits per heavy atom. The van der Waals surface area contributed by atoms with Crippen LogP contribution in [0.25, 0.3) is 11.1 Å². The lowest BCUT2D eigenvalue weighted by atomic mass is 10.1. The molecular weight excluding hydrogens is 354 g/mol. The third kappa shape index (κ3) is 4.49. The predicted octanol–water partition coefficient (Wildman–Crippen LogP) is 4.81. The molecule has 0 atom stereocenters. The van der Waals surface area contributed by atoms with E-state index in [4.69, 9.17) is 14.6 Å². The van der Waals surface area contributed by atoms with Crippen LogP contribution in [0.1, 0.15) is 28.8 Å². The van der Waals surface area contributed by atoms with Crippen LogP contribution >= 0.6 is 0 Å². The van der Waals surface area contributed by atoms with E-state index < -0.39 is 5.97 Å². The molecule has 1 saturated carbocycles. The van der Waals surface area contributed by atoms with E-state index in [0.717, 1.165) is 22.4 Å². The van der Waals surface area contributed by atoms with Crippen molar-refractivity contribution in [2.24, 2.45) is 5.92 Å². The number of aromatic carboxylic acids is 1. The van der Waals surface area contributed by atoms with Gasteiger partial charge in [0, 0.05) is 11.8 Å². The molecule has 0 aliphatic heterocycles. The van der Waals surface area contributed by atoms with E-state index in [9.17, 15) is 4.79 Å². The zero-order chi connectivity index (χ0) is 19.3. The van der Waals surface area contributed by atoms with Gasteiger partial charge in [-0.15, -0.1) is 0 Å². The highest BCUT2D eigenvalue weighted by Gasteiger charge is 2.22. The number of aromatic nitrogens is 1. The summed E-state index contributed by atoms with van der Waals surface area (Å²) in [5.74, 6) is 1.11. The standard InChI is InChI=1S/C23H21NO4/c25-23(26)18-10-8-17(9-11-18)14-27-20-4-1-3-19(13-20)21-5-2-12-24-22(21)28-15-16-6-7-16/h1-5,8-13,16H,6-7,14-15H2,(H,25,26). The van der Waals surface area contributed by atoms with Gasteiger partial charge in [-0.05, 0) is 66.3 Å². The first-order valence-electron chi connectivity index (χ1n) is 9.32. The third-order valence-corrected chi connectivity index (χ3v) is 4.68. The van der Waals surface area contributed by atoms with Crippen molar-refractivity contribution in [2.75, 3.05) is 6.61 Å². The van der Waals surface area contributed by atoms with Gasteiger partial charge in [0.05, 0.1) is 12.2 Å². The molecule has 142 valence electrons. The number of hydrogen-bond acceptors (Lipinski definition) is 4. The number of ether oxygens (including phenoxy) is 2. The van der Waals surface area contributed by atoms with Gasteiger partial charge in [0.25, 0.3) is 0 Å². The second-order valence-corrected chi connectivity index (χ2v) is 6.93. The second-order valence-electron chi connectivity index (χ2n) is 6.93. The summed E-state index contributed by atoms with van der Waals surface area (Å²) in [6.07, 6.45) is 4.21. The maximum atomic E-state index is 10.9. The SMILES string of the molecule is O=C(O)c1ccc(COc2cccc(-c3cccnc3OCC3CC3)c2)cc1. The molecule has 28 heavy (non-hydrogen) atoms. The molecule has 5 nitrogen and oxygen atoms in total. The van der Waals surface area contributed by atoms with E-state index in [2.05, 4.69) is 4.98 Å². The number of hydrogen-bond donors (Lipinski definition) is 1. The quantitative estimate of drug-likeness (QED) is 0.612. The highest BCUT2D eigenvalue weighted by Crippen LogP contribution is 2.33. The fraction of sp³-hybridized carbons (Fsp3) is 0.217. The Kier molecular flexibility index (Phi) is 5.24. The molecule has 4 rings (SSSR count). The van der Waals surface area contributed by atoms with Crippen molar-refractivity contribution in [3.05, 3.63) is 78.0 Å². The molecule has 0 saturated heterocycles. The molecule has 1 aliphatic rings. The van der Waals surface area contributed by atoms with Crippen molar-refractivity contribution < 1.29 is 19.4 Å². The Bertz CT molecular complexity index is 964. The molecule has 2 aromatic carbocycles. The van der Waals surface area contributed by atoms with E-state index in [1.807, 2.05) is 36.4 Å². The summed E-state index contributed by atoms with van der Waals surface area (Å²) < 4.78 is 11.8. The van der Waals surface area contributed by atoms with Crippen LogP contribution in [0.4, 0.5) is 0 Å². The van der Waals surface area contributed by atoms with E-state index in [1.54, 1.807) is 30.5 Å². The fourth-order valence-electron chi connectivity index (χ4n) is 2.87. The maximum absolute atomic E-state index is 10.9. The van der Waals surface area contributed by atoms with Gasteiger partial charge in [-0.2, -0.15) is 0 Å². The molecule has 1 aliphatic carbocycles. The van der Waals surface area contributed by atoms with Gasteiger partial charge in [-0.3, -0.25) is 0 Å². The van der Waals surface area contributed by atoms with Gasteiger partial charge in [0.1, 0.15) is 12.4 Å². The van der Waals surface area contributed by atoms with Crippen molar-refractivity contribution >= 4 is 5.97 Å². The number of pyridine rings is 1. The Labute approximate surface area is 163 Å². The van der Waals surface area contributed by atoms with Crippen molar-refractivity contribution in [3.63, 3.8) is 0 Å². The molecule has 1 N–H and O–H groups in total. The summed E-state index contributed by atoms with van der Waals surface area (Å²) >= 11 is 0. The molecule has 0 spiro atoms.